The van der Waals surface area contributed by atoms with Crippen molar-refractivity contribution in [2.75, 3.05) is 6.54 Å². The number of ether oxygens (including phenoxy) is 1. The van der Waals surface area contributed by atoms with E-state index >= 15 is 0 Å². The average Bonchev–Trinajstić information content (AvgIpc) is 3.23. The molecule has 2 amide bonds. The smallest absolute Gasteiger partial charge is 0.329 e. The zero-order chi connectivity index (χ0) is 23.4. The van der Waals surface area contributed by atoms with Crippen molar-refractivity contribution in [1.82, 2.24) is 10.2 Å². The number of nitrogens with zero attached hydrogens (tertiary/aromatic N) is 1. The maximum absolute atomic E-state index is 13.6. The van der Waals surface area contributed by atoms with Gasteiger partial charge in [-0.25, -0.2) is 4.79 Å². The Labute approximate surface area is 191 Å². The molecule has 0 bridgehead atoms. The first kappa shape index (κ1) is 24.2. The van der Waals surface area contributed by atoms with E-state index in [0.29, 0.717) is 32.2 Å². The molecule has 3 rings (SSSR count). The van der Waals surface area contributed by atoms with Gasteiger partial charge in [-0.2, -0.15) is 0 Å². The SMILES string of the molecule is CC(C)(C)OC(=O)[C@H]1CCCN1C(=O)[C@H](Cc1ccccc1)NC(=O)C1(N)CCCCC1. The molecule has 2 aliphatic rings. The fourth-order valence-corrected chi connectivity index (χ4v) is 4.61. The average molecular weight is 444 g/mol. The van der Waals surface area contributed by atoms with Crippen molar-refractivity contribution < 1.29 is 19.1 Å². The van der Waals surface area contributed by atoms with Crippen LogP contribution in [0, 0.1) is 0 Å². The Balaban J connectivity index is 1.79. The summed E-state index contributed by atoms with van der Waals surface area (Å²) in [5.74, 6) is -0.926. The molecule has 1 aromatic carbocycles. The maximum Gasteiger partial charge on any atom is 0.329 e. The minimum atomic E-state index is -0.941. The van der Waals surface area contributed by atoms with Crippen LogP contribution < -0.4 is 11.1 Å². The third-order valence-electron chi connectivity index (χ3n) is 6.30. The largest absolute Gasteiger partial charge is 0.458 e. The summed E-state index contributed by atoms with van der Waals surface area (Å²) in [4.78, 5) is 41.1. The number of amides is 2. The van der Waals surface area contributed by atoms with Crippen LogP contribution in [0.5, 0.6) is 0 Å². The minimum absolute atomic E-state index is 0.255. The highest BCUT2D eigenvalue weighted by Gasteiger charge is 2.42. The summed E-state index contributed by atoms with van der Waals surface area (Å²) in [7, 11) is 0. The van der Waals surface area contributed by atoms with E-state index in [1.165, 1.54) is 0 Å². The van der Waals surface area contributed by atoms with Gasteiger partial charge < -0.3 is 20.7 Å². The van der Waals surface area contributed by atoms with Crippen molar-refractivity contribution in [1.29, 1.82) is 0 Å². The van der Waals surface area contributed by atoms with Crippen LogP contribution in [0.25, 0.3) is 0 Å². The number of carbonyl (C=O) groups excluding carboxylic acids is 3. The molecule has 1 saturated carbocycles. The monoisotopic (exact) mass is 443 g/mol. The van der Waals surface area contributed by atoms with Crippen LogP contribution in [0.4, 0.5) is 0 Å². The summed E-state index contributed by atoms with van der Waals surface area (Å²) < 4.78 is 5.55. The Morgan fingerprint density at radius 3 is 2.41 bits per heavy atom. The van der Waals surface area contributed by atoms with E-state index in [-0.39, 0.29) is 11.8 Å². The lowest BCUT2D eigenvalue weighted by molar-refractivity contribution is -0.163. The van der Waals surface area contributed by atoms with Gasteiger partial charge in [0.15, 0.2) is 0 Å². The molecule has 0 spiro atoms. The molecule has 1 aliphatic carbocycles. The highest BCUT2D eigenvalue weighted by molar-refractivity contribution is 5.94. The zero-order valence-corrected chi connectivity index (χ0v) is 19.6. The molecular formula is C25H37N3O4. The maximum atomic E-state index is 13.6. The standard InChI is InChI=1S/C25H37N3O4/c1-24(2,3)32-22(30)20-13-10-16-28(20)21(29)19(17-18-11-6-4-7-12-18)27-23(31)25(26)14-8-5-9-15-25/h4,6-7,11-12,19-20H,5,8-10,13-17,26H2,1-3H3,(H,27,31)/t19-,20+/m0/s1. The van der Waals surface area contributed by atoms with Crippen LogP contribution in [-0.2, 0) is 25.5 Å². The van der Waals surface area contributed by atoms with Gasteiger partial charge in [0.25, 0.3) is 0 Å². The number of esters is 1. The molecule has 0 radical (unpaired) electrons. The van der Waals surface area contributed by atoms with Crippen molar-refractivity contribution >= 4 is 17.8 Å². The van der Waals surface area contributed by atoms with Crippen molar-refractivity contribution in [2.45, 2.75) is 95.4 Å². The number of hydrogen-bond donors (Lipinski definition) is 2. The third kappa shape index (κ3) is 6.09. The lowest BCUT2D eigenvalue weighted by Gasteiger charge is -2.35. The van der Waals surface area contributed by atoms with Crippen molar-refractivity contribution in [3.8, 4) is 0 Å². The first-order valence-corrected chi connectivity index (χ1v) is 11.8. The number of nitrogens with two attached hydrogens (primary N) is 1. The lowest BCUT2D eigenvalue weighted by atomic mass is 9.81. The number of nitrogens with one attached hydrogen (secondary N) is 1. The molecule has 1 aliphatic heterocycles. The fourth-order valence-electron chi connectivity index (χ4n) is 4.61. The van der Waals surface area contributed by atoms with Gasteiger partial charge in [-0.05, 0) is 52.0 Å². The van der Waals surface area contributed by atoms with Gasteiger partial charge in [0.05, 0.1) is 5.54 Å². The van der Waals surface area contributed by atoms with Crippen LogP contribution in [0.2, 0.25) is 0 Å². The highest BCUT2D eigenvalue weighted by atomic mass is 16.6. The third-order valence-corrected chi connectivity index (χ3v) is 6.30. The summed E-state index contributed by atoms with van der Waals surface area (Å²) in [6, 6.07) is 8.18. The second-order valence-electron chi connectivity index (χ2n) is 10.2. The number of rotatable bonds is 6. The van der Waals surface area contributed by atoms with Gasteiger partial charge in [0.1, 0.15) is 17.7 Å². The van der Waals surface area contributed by atoms with Crippen molar-refractivity contribution in [3.05, 3.63) is 35.9 Å². The van der Waals surface area contributed by atoms with Gasteiger partial charge in [-0.15, -0.1) is 0 Å². The second-order valence-corrected chi connectivity index (χ2v) is 10.2. The number of carbonyl (C=O) groups is 3. The Hall–Kier alpha value is -2.41. The molecule has 2 atom stereocenters. The molecule has 2 fully saturated rings. The van der Waals surface area contributed by atoms with Gasteiger partial charge in [0.2, 0.25) is 11.8 Å². The molecule has 176 valence electrons. The quantitative estimate of drug-likeness (QED) is 0.658. The Morgan fingerprint density at radius 2 is 1.78 bits per heavy atom. The molecule has 1 saturated heterocycles. The molecule has 1 heterocycles. The Kier molecular flexibility index (Phi) is 7.59. The van der Waals surface area contributed by atoms with Crippen LogP contribution in [0.3, 0.4) is 0 Å². The normalized spacial score (nSPS) is 21.6. The van der Waals surface area contributed by atoms with Gasteiger partial charge >= 0.3 is 5.97 Å². The molecule has 0 unspecified atom stereocenters. The molecule has 7 heteroatoms. The van der Waals surface area contributed by atoms with E-state index in [9.17, 15) is 14.4 Å². The van der Waals surface area contributed by atoms with E-state index in [1.807, 2.05) is 51.1 Å². The summed E-state index contributed by atoms with van der Waals surface area (Å²) >= 11 is 0. The molecule has 32 heavy (non-hydrogen) atoms. The molecule has 0 aromatic heterocycles. The van der Waals surface area contributed by atoms with Crippen LogP contribution >= 0.6 is 0 Å². The highest BCUT2D eigenvalue weighted by Crippen LogP contribution is 2.27. The Morgan fingerprint density at radius 1 is 1.12 bits per heavy atom. The number of likely N-dealkylation sites (tertiary alicyclic amines) is 1. The van der Waals surface area contributed by atoms with Crippen molar-refractivity contribution in [2.24, 2.45) is 5.73 Å². The summed E-state index contributed by atoms with van der Waals surface area (Å²) in [5.41, 5.74) is 5.80. The molecular weight excluding hydrogens is 406 g/mol. The summed E-state index contributed by atoms with van der Waals surface area (Å²) in [6.07, 6.45) is 5.77. The van der Waals surface area contributed by atoms with Gasteiger partial charge in [-0.3, -0.25) is 9.59 Å². The van der Waals surface area contributed by atoms with Crippen LogP contribution in [0.1, 0.15) is 71.3 Å². The van der Waals surface area contributed by atoms with E-state index < -0.39 is 29.2 Å². The molecule has 3 N–H and O–H groups in total. The number of hydrogen-bond acceptors (Lipinski definition) is 5. The zero-order valence-electron chi connectivity index (χ0n) is 19.6. The lowest BCUT2D eigenvalue weighted by Crippen LogP contribution is -2.60. The molecule has 1 aromatic rings. The van der Waals surface area contributed by atoms with Crippen molar-refractivity contribution in [3.63, 3.8) is 0 Å². The van der Waals surface area contributed by atoms with E-state index in [1.54, 1.807) is 4.90 Å². The van der Waals surface area contributed by atoms with Crippen LogP contribution in [-0.4, -0.2) is 52.5 Å². The van der Waals surface area contributed by atoms with Gasteiger partial charge in [0, 0.05) is 13.0 Å². The minimum Gasteiger partial charge on any atom is -0.458 e. The second kappa shape index (κ2) is 10.0. The summed E-state index contributed by atoms with van der Waals surface area (Å²) in [5, 5.41) is 2.95. The Bertz CT molecular complexity index is 812. The van der Waals surface area contributed by atoms with Gasteiger partial charge in [-0.1, -0.05) is 49.6 Å². The van der Waals surface area contributed by atoms with E-state index in [4.69, 9.17) is 10.5 Å². The predicted octanol–water partition coefficient (Wildman–Crippen LogP) is 2.71. The number of benzene rings is 1. The fraction of sp³-hybridized carbons (Fsp3) is 0.640. The summed E-state index contributed by atoms with van der Waals surface area (Å²) in [6.45, 7) is 5.91. The predicted molar refractivity (Wildman–Crippen MR) is 123 cm³/mol. The van der Waals surface area contributed by atoms with Crippen LogP contribution in [0.15, 0.2) is 30.3 Å². The topological polar surface area (TPSA) is 102 Å². The first-order valence-electron chi connectivity index (χ1n) is 11.8. The van der Waals surface area contributed by atoms with E-state index in [2.05, 4.69) is 5.32 Å². The molecule has 7 nitrogen and oxygen atoms in total. The van der Waals surface area contributed by atoms with E-state index in [0.717, 1.165) is 31.2 Å². The first-order chi connectivity index (χ1) is 15.1.